The van der Waals surface area contributed by atoms with Crippen LogP contribution in [0.2, 0.25) is 15.1 Å². The van der Waals surface area contributed by atoms with Gasteiger partial charge in [-0.05, 0) is 166 Å². The van der Waals surface area contributed by atoms with Gasteiger partial charge in [-0.25, -0.2) is 38.1 Å². The number of nitrogens with zero attached hydrogens (tertiary/aromatic N) is 8. The minimum absolute atomic E-state index is 0. The molecule has 17 rings (SSSR count). The summed E-state index contributed by atoms with van der Waals surface area (Å²) in [5, 5.41) is 29.1. The van der Waals surface area contributed by atoms with Crippen molar-refractivity contribution in [2.24, 2.45) is 16.2 Å². The highest BCUT2D eigenvalue weighted by atomic mass is 79.9. The average Bonchev–Trinajstić information content (AvgIpc) is 1.57. The molecule has 2 saturated heterocycles. The molecule has 12 atom stereocenters. The molecule has 0 spiro atoms. The van der Waals surface area contributed by atoms with Crippen molar-refractivity contribution >= 4 is 151 Å². The molecule has 107 heavy (non-hydrogen) atoms. The first-order valence-corrected chi connectivity index (χ1v) is 36.8. The molecule has 0 unspecified atom stereocenters. The summed E-state index contributed by atoms with van der Waals surface area (Å²) in [6.07, 6.45) is 13.3. The van der Waals surface area contributed by atoms with E-state index in [9.17, 15) is 23.4 Å². The minimum Gasteiger partial charge on any atom is -0.398 e. The Kier molecular flexibility index (Phi) is 20.6. The third-order valence-corrected chi connectivity index (χ3v) is 23.6. The number of fused-ring (bicyclic) bond motifs is 8. The van der Waals surface area contributed by atoms with Gasteiger partial charge in [-0.3, -0.25) is 0 Å². The van der Waals surface area contributed by atoms with Gasteiger partial charge in [0.25, 0.3) is 0 Å². The lowest BCUT2D eigenvalue weighted by Crippen LogP contribution is -2.35. The van der Waals surface area contributed by atoms with Gasteiger partial charge >= 0.3 is 0 Å². The SMILES string of the molecule is C.C=C[C@@]1(C)C[C@@H](n2ccc3c(N)ncc(F)c32)[C@@H]2OC(C)(C)O[C@@H]21.CC1(C)O[C@H]2[C@H](n3ccc4c(N)ncc(F)c43)C[C@](C)(CCc3ccc4cc(Cl)c(N)nc4c3)[C@H]2O1.C[C@]1(CCc2ccc3cc(Cl)c(N)cc3c2)C[C@@H](n2ccc3c(N)ncc(F)c32)[C@H](O)[C@@H]1O.Nc1nc2cc(Br)ccc2cc1Cl. The van der Waals surface area contributed by atoms with Crippen molar-refractivity contribution in [3.05, 3.63) is 195 Å². The van der Waals surface area contributed by atoms with Crippen molar-refractivity contribution in [1.29, 1.82) is 0 Å². The molecule has 3 aliphatic carbocycles. The molecule has 562 valence electrons. The lowest BCUT2D eigenvalue weighted by molar-refractivity contribution is -0.168. The molecule has 0 bridgehead atoms. The van der Waals surface area contributed by atoms with E-state index in [1.807, 2.05) is 129 Å². The van der Waals surface area contributed by atoms with Crippen LogP contribution in [-0.2, 0) is 31.8 Å². The number of pyridine rings is 5. The van der Waals surface area contributed by atoms with E-state index in [2.05, 4.69) is 79.5 Å². The number of ether oxygens (including phenoxy) is 4. The van der Waals surface area contributed by atoms with E-state index in [-0.39, 0.29) is 66.4 Å². The van der Waals surface area contributed by atoms with Crippen LogP contribution in [-0.4, -0.2) is 97.0 Å². The fourth-order valence-corrected chi connectivity index (χ4v) is 17.4. The Morgan fingerprint density at radius 2 is 0.944 bits per heavy atom. The van der Waals surface area contributed by atoms with Gasteiger partial charge in [-0.2, -0.15) is 0 Å². The van der Waals surface area contributed by atoms with Crippen molar-refractivity contribution in [3.63, 3.8) is 0 Å². The van der Waals surface area contributed by atoms with Crippen LogP contribution in [0.4, 0.5) is 47.9 Å². The number of rotatable bonds is 10. The molecule has 5 fully saturated rings. The number of hydrogen-bond acceptors (Lipinski definition) is 17. The van der Waals surface area contributed by atoms with E-state index in [0.29, 0.717) is 96.0 Å². The number of nitrogens with two attached hydrogens (primary N) is 6. The van der Waals surface area contributed by atoms with Crippen LogP contribution in [0.25, 0.3) is 65.3 Å². The number of benzene rings is 4. The number of hydrogen-bond donors (Lipinski definition) is 8. The molecule has 8 aromatic heterocycles. The smallest absolute Gasteiger partial charge is 0.165 e. The standard InChI is InChI=1S/C27H29ClFN5O2.C25H26ClFN4O2.C18H22FN3O2.C9H6BrClN2.CH4/c1-26(2)35-22-20(34-9-7-16-21(34)18(29)13-32-24(16)30)12-27(3,23(22)36-26)8-6-14-4-5-15-11-17(28)25(31)33-19(15)10-14;1-25(6-4-13-2-3-14-9-17(26)19(28)10-15(14)8-13)11-20(22(32)23(25)33)31-7-5-16-21(31)18(27)12-30-24(16)29;1-5-18(4)8-12(14-15(18)24-17(2,3)23-14)22-7-6-10-13(22)11(19)9-21-16(10)20;10-6-2-1-5-3-7(11)9(12)13-8(5)4-6;/h4-5,7,9-11,13,20,22-23H,6,8,12H2,1-3H3,(H2,30,32)(H2,31,33);2-3,5,7-10,12,20,22-23,32-33H,4,6,11,28H2,1H3,(H2,29,30);5-7,9,12,14-15H,1,8H2,2-4H3,(H2,20,21);1-4H,(H2,12,13);1H4/t20-,22+,23+,27+;20-,22+,23+,25+;12-,14+,15+,18+;;/m111../s1. The summed E-state index contributed by atoms with van der Waals surface area (Å²) in [6, 6.07) is 30.2. The van der Waals surface area contributed by atoms with Crippen molar-refractivity contribution in [2.75, 3.05) is 34.4 Å². The van der Waals surface area contributed by atoms with Crippen LogP contribution in [0.3, 0.4) is 0 Å². The summed E-state index contributed by atoms with van der Waals surface area (Å²) >= 11 is 21.4. The second-order valence-corrected chi connectivity index (χ2v) is 32.5. The number of aliphatic hydroxyl groups excluding tert-OH is 2. The minimum atomic E-state index is -1.03. The molecular weight excluding hydrogens is 1500 g/mol. The molecule has 12 aromatic rings. The molecule has 3 saturated carbocycles. The maximum absolute atomic E-state index is 14.9. The second kappa shape index (κ2) is 28.8. The van der Waals surface area contributed by atoms with Gasteiger partial charge in [-0.1, -0.05) is 121 Å². The summed E-state index contributed by atoms with van der Waals surface area (Å²) in [4.78, 5) is 20.3. The van der Waals surface area contributed by atoms with E-state index in [0.717, 1.165) is 80.1 Å². The van der Waals surface area contributed by atoms with E-state index < -0.39 is 46.9 Å². The first-order valence-electron chi connectivity index (χ1n) is 34.9. The number of aryl methyl sites for hydroxylation is 2. The zero-order valence-corrected chi connectivity index (χ0v) is 63.2. The number of anilines is 6. The van der Waals surface area contributed by atoms with Crippen molar-refractivity contribution in [1.82, 2.24) is 38.6 Å². The normalized spacial score (nSPS) is 26.0. The highest BCUT2D eigenvalue weighted by molar-refractivity contribution is 9.10. The van der Waals surface area contributed by atoms with Crippen molar-refractivity contribution in [2.45, 2.75) is 167 Å². The zero-order chi connectivity index (χ0) is 75.6. The fraction of sp³-hybridized carbons (Fsp3) is 0.362. The molecule has 27 heteroatoms. The summed E-state index contributed by atoms with van der Waals surface area (Å²) in [7, 11) is 0. The highest BCUT2D eigenvalue weighted by Crippen LogP contribution is 2.58. The lowest BCUT2D eigenvalue weighted by atomic mass is 9.80. The molecular formula is C80H87BrCl3F3N14O6. The highest BCUT2D eigenvalue weighted by Gasteiger charge is 2.61. The third kappa shape index (κ3) is 14.4. The summed E-state index contributed by atoms with van der Waals surface area (Å²) < 4.78 is 75.7. The summed E-state index contributed by atoms with van der Waals surface area (Å²) in [5.74, 6) is -1.09. The zero-order valence-electron chi connectivity index (χ0n) is 59.3. The lowest BCUT2D eigenvalue weighted by Gasteiger charge is -2.32. The van der Waals surface area contributed by atoms with E-state index in [4.69, 9.17) is 88.2 Å². The number of aromatic nitrogens is 8. The van der Waals surface area contributed by atoms with Crippen molar-refractivity contribution < 1.29 is 42.3 Å². The van der Waals surface area contributed by atoms with Crippen LogP contribution in [0.15, 0.2) is 151 Å². The topological polar surface area (TPSA) is 313 Å². The second-order valence-electron chi connectivity index (χ2n) is 30.4. The maximum Gasteiger partial charge on any atom is 0.165 e. The van der Waals surface area contributed by atoms with Crippen LogP contribution >= 0.6 is 50.7 Å². The Balaban J connectivity index is 0.000000132. The van der Waals surface area contributed by atoms with Gasteiger partial charge in [0.15, 0.2) is 29.0 Å². The molecule has 0 radical (unpaired) electrons. The van der Waals surface area contributed by atoms with Crippen LogP contribution < -0.4 is 34.4 Å². The molecule has 10 heterocycles. The van der Waals surface area contributed by atoms with E-state index in [1.165, 1.54) is 12.4 Å². The maximum atomic E-state index is 14.9. The first-order chi connectivity index (χ1) is 50.1. The average molecular weight is 1580 g/mol. The van der Waals surface area contributed by atoms with Gasteiger partial charge in [0, 0.05) is 55.4 Å². The van der Waals surface area contributed by atoms with Gasteiger partial charge in [-0.15, -0.1) is 6.58 Å². The number of aliphatic hydroxyl groups is 2. The number of halogens is 7. The van der Waals surface area contributed by atoms with Gasteiger partial charge in [0.1, 0.15) is 47.4 Å². The predicted octanol–water partition coefficient (Wildman–Crippen LogP) is 17.4. The summed E-state index contributed by atoms with van der Waals surface area (Å²) in [6.45, 7) is 18.0. The van der Waals surface area contributed by atoms with E-state index >= 15 is 0 Å². The Hall–Kier alpha value is -8.53. The van der Waals surface area contributed by atoms with Crippen LogP contribution in [0.5, 0.6) is 0 Å². The molecule has 14 N–H and O–H groups in total. The van der Waals surface area contributed by atoms with E-state index in [1.54, 1.807) is 22.9 Å². The molecule has 0 amide bonds. The quantitative estimate of drug-likeness (QED) is 0.0466. The van der Waals surface area contributed by atoms with Crippen molar-refractivity contribution in [3.8, 4) is 0 Å². The largest absolute Gasteiger partial charge is 0.398 e. The summed E-state index contributed by atoms with van der Waals surface area (Å²) in [5.41, 5.74) is 40.0. The van der Waals surface area contributed by atoms with Crippen LogP contribution in [0, 0.1) is 33.7 Å². The Morgan fingerprint density at radius 3 is 1.47 bits per heavy atom. The molecule has 20 nitrogen and oxygen atoms in total. The molecule has 2 aliphatic heterocycles. The first kappa shape index (κ1) is 76.7. The van der Waals surface area contributed by atoms with Gasteiger partial charge in [0.05, 0.1) is 103 Å². The van der Waals surface area contributed by atoms with Gasteiger partial charge in [0.2, 0.25) is 0 Å². The predicted molar refractivity (Wildman–Crippen MR) is 424 cm³/mol. The third-order valence-electron chi connectivity index (χ3n) is 22.1. The van der Waals surface area contributed by atoms with Gasteiger partial charge < -0.3 is 77.3 Å². The molecule has 4 aromatic carbocycles. The number of nitrogen functional groups attached to an aromatic ring is 6. The van der Waals surface area contributed by atoms with Crippen LogP contribution in [0.1, 0.15) is 117 Å². The fourth-order valence-electron chi connectivity index (χ4n) is 16.6. The Labute approximate surface area is 640 Å². The Morgan fingerprint density at radius 1 is 0.514 bits per heavy atom. The monoisotopic (exact) mass is 1580 g/mol. The molecule has 5 aliphatic rings. The Bertz CT molecular complexity index is 5450.